The van der Waals surface area contributed by atoms with Crippen LogP contribution in [0.15, 0.2) is 71.6 Å². The number of nitrogens with one attached hydrogen (secondary N) is 2. The lowest BCUT2D eigenvalue weighted by molar-refractivity contribution is 0.102. The van der Waals surface area contributed by atoms with Gasteiger partial charge in [0.15, 0.2) is 0 Å². The summed E-state index contributed by atoms with van der Waals surface area (Å²) >= 11 is 12.2. The maximum absolute atomic E-state index is 12.5. The summed E-state index contributed by atoms with van der Waals surface area (Å²) in [7, 11) is -3.75. The normalized spacial score (nSPS) is 11.1. The minimum atomic E-state index is -3.75. The van der Waals surface area contributed by atoms with Crippen molar-refractivity contribution in [2.45, 2.75) is 11.8 Å². The summed E-state index contributed by atoms with van der Waals surface area (Å²) < 4.78 is 27.2. The Hall–Kier alpha value is -2.54. The number of hydrogen-bond acceptors (Lipinski definition) is 3. The molecule has 0 fully saturated rings. The van der Waals surface area contributed by atoms with Gasteiger partial charge in [-0.15, -0.1) is 0 Å². The zero-order valence-corrected chi connectivity index (χ0v) is 17.1. The van der Waals surface area contributed by atoms with Crippen molar-refractivity contribution < 1.29 is 13.2 Å². The molecule has 0 atom stereocenters. The summed E-state index contributed by atoms with van der Waals surface area (Å²) in [5, 5.41) is 3.37. The van der Waals surface area contributed by atoms with E-state index in [1.165, 1.54) is 30.3 Å². The zero-order valence-electron chi connectivity index (χ0n) is 14.7. The molecule has 1 amide bonds. The van der Waals surface area contributed by atoms with Crippen molar-refractivity contribution in [3.63, 3.8) is 0 Å². The molecule has 3 aromatic rings. The third-order valence-electron chi connectivity index (χ3n) is 3.97. The second-order valence-corrected chi connectivity index (χ2v) is 8.55. The predicted molar refractivity (Wildman–Crippen MR) is 113 cm³/mol. The molecule has 0 unspecified atom stereocenters. The van der Waals surface area contributed by atoms with Gasteiger partial charge in [-0.2, -0.15) is 0 Å². The Bertz CT molecular complexity index is 1130. The van der Waals surface area contributed by atoms with Gasteiger partial charge < -0.3 is 5.32 Å². The molecule has 0 aliphatic carbocycles. The maximum atomic E-state index is 12.5. The van der Waals surface area contributed by atoms with E-state index in [0.717, 1.165) is 5.56 Å². The number of carbonyl (C=O) groups is 1. The van der Waals surface area contributed by atoms with Crippen molar-refractivity contribution in [3.8, 4) is 0 Å². The number of sulfonamides is 1. The molecule has 0 spiro atoms. The molecule has 0 aliphatic heterocycles. The molecule has 3 rings (SSSR count). The zero-order chi connectivity index (χ0) is 20.3. The Morgan fingerprint density at radius 3 is 2.32 bits per heavy atom. The third kappa shape index (κ3) is 4.65. The fourth-order valence-electron chi connectivity index (χ4n) is 2.50. The van der Waals surface area contributed by atoms with Gasteiger partial charge in [0.1, 0.15) is 0 Å². The van der Waals surface area contributed by atoms with Crippen molar-refractivity contribution in [2.75, 3.05) is 10.0 Å². The SMILES string of the molecule is Cc1ccc(Cl)cc1NC(=O)c1ccc(NS(=O)(=O)c2ccccc2)cc1Cl. The Balaban J connectivity index is 1.80. The first-order valence-corrected chi connectivity index (χ1v) is 10.4. The molecular weight excluding hydrogens is 419 g/mol. The Kier molecular flexibility index (Phi) is 5.93. The van der Waals surface area contributed by atoms with Gasteiger partial charge in [-0.1, -0.05) is 47.5 Å². The number of rotatable bonds is 5. The van der Waals surface area contributed by atoms with E-state index in [0.29, 0.717) is 10.7 Å². The van der Waals surface area contributed by atoms with E-state index in [-0.39, 0.29) is 21.2 Å². The smallest absolute Gasteiger partial charge is 0.261 e. The van der Waals surface area contributed by atoms with Crippen molar-refractivity contribution in [3.05, 3.63) is 87.9 Å². The first-order valence-electron chi connectivity index (χ1n) is 8.21. The monoisotopic (exact) mass is 434 g/mol. The van der Waals surface area contributed by atoms with Crippen LogP contribution in [0.4, 0.5) is 11.4 Å². The average Bonchev–Trinajstić information content (AvgIpc) is 2.65. The number of hydrogen-bond donors (Lipinski definition) is 2. The van der Waals surface area contributed by atoms with Crippen LogP contribution in [0.3, 0.4) is 0 Å². The van der Waals surface area contributed by atoms with Crippen LogP contribution in [0, 0.1) is 6.92 Å². The molecule has 0 heterocycles. The van der Waals surface area contributed by atoms with E-state index in [1.54, 1.807) is 36.4 Å². The van der Waals surface area contributed by atoms with Gasteiger partial charge >= 0.3 is 0 Å². The van der Waals surface area contributed by atoms with Gasteiger partial charge in [0.25, 0.3) is 15.9 Å². The highest BCUT2D eigenvalue weighted by molar-refractivity contribution is 7.92. The van der Waals surface area contributed by atoms with Gasteiger partial charge in [0.05, 0.1) is 21.2 Å². The molecule has 144 valence electrons. The van der Waals surface area contributed by atoms with Crippen molar-refractivity contribution >= 4 is 50.5 Å². The minimum Gasteiger partial charge on any atom is -0.322 e. The van der Waals surface area contributed by atoms with Gasteiger partial charge in [0, 0.05) is 10.7 Å². The summed E-state index contributed by atoms with van der Waals surface area (Å²) in [6, 6.07) is 17.5. The molecule has 0 bridgehead atoms. The molecule has 5 nitrogen and oxygen atoms in total. The van der Waals surface area contributed by atoms with Gasteiger partial charge in [-0.25, -0.2) is 8.42 Å². The number of halogens is 2. The third-order valence-corrected chi connectivity index (χ3v) is 5.91. The largest absolute Gasteiger partial charge is 0.322 e. The van der Waals surface area contributed by atoms with E-state index in [2.05, 4.69) is 10.0 Å². The lowest BCUT2D eigenvalue weighted by Crippen LogP contribution is -2.15. The standard InChI is InChI=1S/C20H16Cl2N2O3S/c1-13-7-8-14(21)11-19(13)23-20(25)17-10-9-15(12-18(17)22)24-28(26,27)16-5-3-2-4-6-16/h2-12,24H,1H3,(H,23,25). The van der Waals surface area contributed by atoms with Crippen LogP contribution < -0.4 is 10.0 Å². The topological polar surface area (TPSA) is 75.3 Å². The highest BCUT2D eigenvalue weighted by atomic mass is 35.5. The molecule has 3 aromatic carbocycles. The quantitative estimate of drug-likeness (QED) is 0.567. The highest BCUT2D eigenvalue weighted by Crippen LogP contribution is 2.26. The summed E-state index contributed by atoms with van der Waals surface area (Å²) in [5.74, 6) is -0.423. The summed E-state index contributed by atoms with van der Waals surface area (Å²) in [6.07, 6.45) is 0. The highest BCUT2D eigenvalue weighted by Gasteiger charge is 2.16. The van der Waals surface area contributed by atoms with Crippen LogP contribution >= 0.6 is 23.2 Å². The molecule has 0 aliphatic rings. The van der Waals surface area contributed by atoms with E-state index >= 15 is 0 Å². The number of benzene rings is 3. The Labute approximate surface area is 173 Å². The molecular formula is C20H16Cl2N2O3S. The van der Waals surface area contributed by atoms with Crippen molar-refractivity contribution in [1.82, 2.24) is 0 Å². The molecule has 0 saturated heterocycles. The van der Waals surface area contributed by atoms with Crippen molar-refractivity contribution in [2.24, 2.45) is 0 Å². The Morgan fingerprint density at radius 1 is 0.929 bits per heavy atom. The number of aryl methyl sites for hydroxylation is 1. The predicted octanol–water partition coefficient (Wildman–Crippen LogP) is 5.35. The van der Waals surface area contributed by atoms with E-state index < -0.39 is 15.9 Å². The van der Waals surface area contributed by atoms with Crippen molar-refractivity contribution in [1.29, 1.82) is 0 Å². The van der Waals surface area contributed by atoms with Crippen LogP contribution in [-0.4, -0.2) is 14.3 Å². The summed E-state index contributed by atoms with van der Waals surface area (Å²) in [4.78, 5) is 12.7. The second-order valence-electron chi connectivity index (χ2n) is 6.03. The fourth-order valence-corrected chi connectivity index (χ4v) is 4.00. The molecule has 0 aromatic heterocycles. The number of anilines is 2. The fraction of sp³-hybridized carbons (Fsp3) is 0.0500. The van der Waals surface area contributed by atoms with Crippen LogP contribution in [0.2, 0.25) is 10.0 Å². The van der Waals surface area contributed by atoms with Gasteiger partial charge in [-0.05, 0) is 55.0 Å². The maximum Gasteiger partial charge on any atom is 0.261 e. The molecule has 8 heteroatoms. The summed E-state index contributed by atoms with van der Waals surface area (Å²) in [5.41, 5.74) is 1.89. The van der Waals surface area contributed by atoms with Crippen LogP contribution in [0.5, 0.6) is 0 Å². The lowest BCUT2D eigenvalue weighted by Gasteiger charge is -2.12. The molecule has 0 radical (unpaired) electrons. The van der Waals surface area contributed by atoms with Crippen LogP contribution in [0.25, 0.3) is 0 Å². The van der Waals surface area contributed by atoms with Crippen LogP contribution in [-0.2, 0) is 10.0 Å². The minimum absolute atomic E-state index is 0.116. The van der Waals surface area contributed by atoms with Crippen LogP contribution in [0.1, 0.15) is 15.9 Å². The first kappa shape index (κ1) is 20.2. The number of carbonyl (C=O) groups excluding carboxylic acids is 1. The Morgan fingerprint density at radius 2 is 1.64 bits per heavy atom. The molecule has 28 heavy (non-hydrogen) atoms. The van der Waals surface area contributed by atoms with E-state index in [4.69, 9.17) is 23.2 Å². The first-order chi connectivity index (χ1) is 13.3. The molecule has 2 N–H and O–H groups in total. The van der Waals surface area contributed by atoms with Gasteiger partial charge in [0.2, 0.25) is 0 Å². The van der Waals surface area contributed by atoms with Gasteiger partial charge in [-0.3, -0.25) is 9.52 Å². The number of amides is 1. The lowest BCUT2D eigenvalue weighted by atomic mass is 10.1. The van der Waals surface area contributed by atoms with E-state index in [9.17, 15) is 13.2 Å². The molecule has 0 saturated carbocycles. The summed E-state index contributed by atoms with van der Waals surface area (Å²) in [6.45, 7) is 1.84. The van der Waals surface area contributed by atoms with E-state index in [1.807, 2.05) is 6.92 Å². The second kappa shape index (κ2) is 8.22. The average molecular weight is 435 g/mol.